The molecule has 0 aromatic carbocycles. The minimum atomic E-state index is -0.771. The van der Waals surface area contributed by atoms with Crippen molar-refractivity contribution in [1.82, 2.24) is 0 Å². The average Bonchev–Trinajstić information content (AvgIpc) is 3.03. The highest BCUT2D eigenvalue weighted by Gasteiger charge is 2.19. The van der Waals surface area contributed by atoms with Crippen molar-refractivity contribution in [1.29, 1.82) is 0 Å². The number of hydrogen-bond donors (Lipinski definition) is 0. The van der Waals surface area contributed by atoms with Gasteiger partial charge in [-0.05, 0) is 57.8 Å². The molecular formula is C39H66O6. The second-order valence-electron chi connectivity index (χ2n) is 11.8. The van der Waals surface area contributed by atoms with E-state index < -0.39 is 6.10 Å². The summed E-state index contributed by atoms with van der Waals surface area (Å²) in [6.07, 6.45) is 37.3. The van der Waals surface area contributed by atoms with Crippen molar-refractivity contribution in [3.8, 4) is 0 Å². The van der Waals surface area contributed by atoms with Crippen molar-refractivity contribution in [2.24, 2.45) is 0 Å². The Kier molecular flexibility index (Phi) is 32.2. The Balaban J connectivity index is 4.21. The first-order valence-electron chi connectivity index (χ1n) is 18.1. The molecule has 0 rings (SSSR count). The van der Waals surface area contributed by atoms with E-state index in [-0.39, 0.29) is 31.1 Å². The number of hydrogen-bond acceptors (Lipinski definition) is 6. The quantitative estimate of drug-likeness (QED) is 0.0328. The van der Waals surface area contributed by atoms with E-state index in [4.69, 9.17) is 14.2 Å². The minimum Gasteiger partial charge on any atom is -0.462 e. The third-order valence-electron chi connectivity index (χ3n) is 7.35. The zero-order chi connectivity index (χ0) is 33.1. The smallest absolute Gasteiger partial charge is 0.306 e. The van der Waals surface area contributed by atoms with Crippen LogP contribution >= 0.6 is 0 Å². The third-order valence-corrected chi connectivity index (χ3v) is 7.35. The molecule has 0 aromatic heterocycles. The summed E-state index contributed by atoms with van der Waals surface area (Å²) < 4.78 is 16.3. The molecule has 0 bridgehead atoms. The summed E-state index contributed by atoms with van der Waals surface area (Å²) in [4.78, 5) is 36.9. The van der Waals surface area contributed by atoms with Gasteiger partial charge in [-0.2, -0.15) is 0 Å². The normalized spacial score (nSPS) is 12.5. The van der Waals surface area contributed by atoms with Gasteiger partial charge in [-0.3, -0.25) is 14.4 Å². The van der Waals surface area contributed by atoms with E-state index in [0.717, 1.165) is 116 Å². The van der Waals surface area contributed by atoms with E-state index in [1.165, 1.54) is 6.42 Å². The van der Waals surface area contributed by atoms with Crippen LogP contribution < -0.4 is 0 Å². The van der Waals surface area contributed by atoms with Crippen LogP contribution in [0.5, 0.6) is 0 Å². The maximum Gasteiger partial charge on any atom is 0.306 e. The highest BCUT2D eigenvalue weighted by Crippen LogP contribution is 2.11. The molecule has 45 heavy (non-hydrogen) atoms. The van der Waals surface area contributed by atoms with Crippen molar-refractivity contribution in [2.75, 3.05) is 13.2 Å². The molecule has 0 saturated heterocycles. The number of allylic oxidation sites excluding steroid dienone is 8. The van der Waals surface area contributed by atoms with Crippen LogP contribution in [0.15, 0.2) is 48.6 Å². The first kappa shape index (κ1) is 42.4. The first-order valence-corrected chi connectivity index (χ1v) is 18.1. The van der Waals surface area contributed by atoms with Crippen LogP contribution in [0.1, 0.15) is 162 Å². The Labute approximate surface area is 276 Å². The lowest BCUT2D eigenvalue weighted by Crippen LogP contribution is -2.30. The van der Waals surface area contributed by atoms with E-state index in [9.17, 15) is 14.4 Å². The largest absolute Gasteiger partial charge is 0.462 e. The van der Waals surface area contributed by atoms with E-state index in [0.29, 0.717) is 19.3 Å². The summed E-state index contributed by atoms with van der Waals surface area (Å²) in [5.41, 5.74) is 0. The zero-order valence-electron chi connectivity index (χ0n) is 29.1. The van der Waals surface area contributed by atoms with Crippen molar-refractivity contribution in [2.45, 2.75) is 168 Å². The van der Waals surface area contributed by atoms with E-state index in [2.05, 4.69) is 69.4 Å². The fourth-order valence-corrected chi connectivity index (χ4v) is 4.61. The van der Waals surface area contributed by atoms with Gasteiger partial charge in [0.1, 0.15) is 13.2 Å². The van der Waals surface area contributed by atoms with Crippen LogP contribution in [0, 0.1) is 0 Å². The van der Waals surface area contributed by atoms with Crippen molar-refractivity contribution < 1.29 is 28.6 Å². The lowest BCUT2D eigenvalue weighted by Gasteiger charge is -2.18. The molecule has 1 atom stereocenters. The molecule has 1 unspecified atom stereocenters. The van der Waals surface area contributed by atoms with Gasteiger partial charge >= 0.3 is 17.9 Å². The lowest BCUT2D eigenvalue weighted by molar-refractivity contribution is -0.167. The van der Waals surface area contributed by atoms with Gasteiger partial charge in [0.05, 0.1) is 0 Å². The molecule has 0 heterocycles. The van der Waals surface area contributed by atoms with Gasteiger partial charge in [-0.15, -0.1) is 0 Å². The van der Waals surface area contributed by atoms with E-state index in [1.807, 2.05) is 0 Å². The van der Waals surface area contributed by atoms with Crippen LogP contribution in [0.4, 0.5) is 0 Å². The molecule has 6 nitrogen and oxygen atoms in total. The van der Waals surface area contributed by atoms with Crippen molar-refractivity contribution in [3.05, 3.63) is 48.6 Å². The summed E-state index contributed by atoms with van der Waals surface area (Å²) in [5.74, 6) is -0.947. The van der Waals surface area contributed by atoms with E-state index in [1.54, 1.807) is 0 Å². The second kappa shape index (κ2) is 34.2. The Hall–Kier alpha value is -2.63. The highest BCUT2D eigenvalue weighted by atomic mass is 16.6. The summed E-state index contributed by atoms with van der Waals surface area (Å²) in [5, 5.41) is 0. The third kappa shape index (κ3) is 32.6. The van der Waals surface area contributed by atoms with Gasteiger partial charge in [-0.1, -0.05) is 134 Å². The standard InChI is InChI=1S/C39H66O6/c1-4-7-10-13-14-15-16-17-18-19-20-21-22-23-24-27-29-32-38(41)44-35-36(45-39(42)33-30-26-12-9-6-3)34-43-37(40)31-28-25-11-8-5-2/h7,10,14-15,17-18,20-21,36H,4-6,8-9,11-13,16,19,22-35H2,1-3H3/b10-7-,15-14-,18-17-,21-20-. The number of carbonyl (C=O) groups is 3. The fourth-order valence-electron chi connectivity index (χ4n) is 4.61. The Morgan fingerprint density at radius 2 is 0.867 bits per heavy atom. The zero-order valence-corrected chi connectivity index (χ0v) is 29.1. The molecule has 0 aliphatic heterocycles. The molecule has 0 aliphatic carbocycles. The maximum atomic E-state index is 12.4. The van der Waals surface area contributed by atoms with Crippen LogP contribution in [0.25, 0.3) is 0 Å². The minimum absolute atomic E-state index is 0.0834. The van der Waals surface area contributed by atoms with Gasteiger partial charge in [0, 0.05) is 19.3 Å². The van der Waals surface area contributed by atoms with Crippen molar-refractivity contribution in [3.63, 3.8) is 0 Å². The number of carbonyl (C=O) groups excluding carboxylic acids is 3. The monoisotopic (exact) mass is 630 g/mol. The van der Waals surface area contributed by atoms with Crippen LogP contribution in [0.3, 0.4) is 0 Å². The fraction of sp³-hybridized carbons (Fsp3) is 0.718. The Morgan fingerprint density at radius 3 is 1.33 bits per heavy atom. The van der Waals surface area contributed by atoms with Gasteiger partial charge in [-0.25, -0.2) is 0 Å². The SMILES string of the molecule is CC/C=C\C/C=C\C/C=C\C/C=C\CCCCCCC(=O)OCC(COC(=O)CCCCCCC)OC(=O)CCCCCCC. The van der Waals surface area contributed by atoms with Crippen LogP contribution in [-0.4, -0.2) is 37.2 Å². The molecule has 0 aliphatic rings. The van der Waals surface area contributed by atoms with Gasteiger partial charge < -0.3 is 14.2 Å². The Bertz CT molecular complexity index is 825. The lowest BCUT2D eigenvalue weighted by atomic mass is 10.1. The molecular weight excluding hydrogens is 564 g/mol. The molecule has 0 radical (unpaired) electrons. The first-order chi connectivity index (χ1) is 22.0. The predicted octanol–water partition coefficient (Wildman–Crippen LogP) is 10.9. The molecule has 0 amide bonds. The average molecular weight is 631 g/mol. The molecule has 0 aromatic rings. The predicted molar refractivity (Wildman–Crippen MR) is 187 cm³/mol. The number of esters is 3. The molecule has 0 fully saturated rings. The van der Waals surface area contributed by atoms with Gasteiger partial charge in [0.25, 0.3) is 0 Å². The summed E-state index contributed by atoms with van der Waals surface area (Å²) >= 11 is 0. The number of unbranched alkanes of at least 4 members (excludes halogenated alkanes) is 12. The van der Waals surface area contributed by atoms with E-state index >= 15 is 0 Å². The Morgan fingerprint density at radius 1 is 0.467 bits per heavy atom. The molecule has 6 heteroatoms. The second-order valence-corrected chi connectivity index (χ2v) is 11.8. The van der Waals surface area contributed by atoms with Gasteiger partial charge in [0.15, 0.2) is 6.10 Å². The van der Waals surface area contributed by atoms with Crippen molar-refractivity contribution >= 4 is 17.9 Å². The summed E-state index contributed by atoms with van der Waals surface area (Å²) in [6.45, 7) is 6.29. The topological polar surface area (TPSA) is 78.9 Å². The molecule has 0 spiro atoms. The number of ether oxygens (including phenoxy) is 3. The highest BCUT2D eigenvalue weighted by molar-refractivity contribution is 5.71. The number of rotatable bonds is 31. The summed E-state index contributed by atoms with van der Waals surface area (Å²) in [6, 6.07) is 0. The van der Waals surface area contributed by atoms with Crippen LogP contribution in [-0.2, 0) is 28.6 Å². The van der Waals surface area contributed by atoms with Crippen LogP contribution in [0.2, 0.25) is 0 Å². The molecule has 258 valence electrons. The molecule has 0 N–H and O–H groups in total. The van der Waals surface area contributed by atoms with Gasteiger partial charge in [0.2, 0.25) is 0 Å². The maximum absolute atomic E-state index is 12.4. The molecule has 0 saturated carbocycles. The summed E-state index contributed by atoms with van der Waals surface area (Å²) in [7, 11) is 0.